The average molecular weight is 505 g/mol. The zero-order valence-electron chi connectivity index (χ0n) is 17.2. The van der Waals surface area contributed by atoms with Crippen molar-refractivity contribution in [1.29, 1.82) is 0 Å². The zero-order valence-corrected chi connectivity index (χ0v) is 18.7. The Hall–Kier alpha value is -2.48. The predicted octanol–water partition coefficient (Wildman–Crippen LogP) is 1.72. The van der Waals surface area contributed by atoms with E-state index >= 15 is 0 Å². The summed E-state index contributed by atoms with van der Waals surface area (Å²) < 4.78 is 66.4. The maximum absolute atomic E-state index is 13.1. The minimum absolute atomic E-state index is 0.0337. The summed E-state index contributed by atoms with van der Waals surface area (Å²) in [6.07, 6.45) is -3.18. The summed E-state index contributed by atoms with van der Waals surface area (Å²) in [7, 11) is -3.88. The van der Waals surface area contributed by atoms with E-state index in [2.05, 4.69) is 9.97 Å². The van der Waals surface area contributed by atoms with Crippen LogP contribution in [0.4, 0.5) is 24.8 Å². The fourth-order valence-electron chi connectivity index (χ4n) is 3.76. The van der Waals surface area contributed by atoms with Crippen molar-refractivity contribution in [2.24, 2.45) is 5.73 Å². The number of hydrogen-bond acceptors (Lipinski definition) is 7. The monoisotopic (exact) mass is 504 g/mol. The van der Waals surface area contributed by atoms with Crippen molar-refractivity contribution in [3.63, 3.8) is 0 Å². The molecule has 14 heteroatoms. The van der Waals surface area contributed by atoms with Gasteiger partial charge in [0.05, 0.1) is 5.56 Å². The third-order valence-corrected chi connectivity index (χ3v) is 7.54. The second kappa shape index (κ2) is 8.70. The number of pyridine rings is 2. The molecule has 4 heterocycles. The van der Waals surface area contributed by atoms with Gasteiger partial charge >= 0.3 is 6.18 Å². The highest BCUT2D eigenvalue weighted by Gasteiger charge is 2.34. The fourth-order valence-corrected chi connectivity index (χ4v) is 5.33. The molecule has 9 nitrogen and oxygen atoms in total. The molecule has 2 saturated heterocycles. The molecule has 1 unspecified atom stereocenters. The molecule has 0 spiro atoms. The highest BCUT2D eigenvalue weighted by Crippen LogP contribution is 2.33. The largest absolute Gasteiger partial charge is 0.416 e. The van der Waals surface area contributed by atoms with Crippen LogP contribution in [0.5, 0.6) is 0 Å². The van der Waals surface area contributed by atoms with E-state index in [1.165, 1.54) is 27.5 Å². The van der Waals surface area contributed by atoms with Gasteiger partial charge in [-0.25, -0.2) is 18.4 Å². The summed E-state index contributed by atoms with van der Waals surface area (Å²) in [5.74, 6) is 0.181. The lowest BCUT2D eigenvalue weighted by molar-refractivity contribution is -0.137. The summed E-state index contributed by atoms with van der Waals surface area (Å²) in [6, 6.07) is 4.17. The van der Waals surface area contributed by atoms with Crippen molar-refractivity contribution in [2.45, 2.75) is 23.5 Å². The first kappa shape index (κ1) is 23.7. The van der Waals surface area contributed by atoms with E-state index in [0.717, 1.165) is 12.1 Å². The summed E-state index contributed by atoms with van der Waals surface area (Å²) >= 11 is 5.75. The van der Waals surface area contributed by atoms with Crippen LogP contribution in [0.25, 0.3) is 0 Å². The molecule has 2 fully saturated rings. The minimum atomic E-state index is -4.57. The molecule has 178 valence electrons. The Balaban J connectivity index is 1.45. The van der Waals surface area contributed by atoms with Crippen molar-refractivity contribution in [3.8, 4) is 0 Å². The molecule has 0 radical (unpaired) electrons. The fraction of sp³-hybridized carbons (Fsp3) is 0.421. The molecule has 4 rings (SSSR count). The average Bonchev–Trinajstić information content (AvgIpc) is 3.11. The van der Waals surface area contributed by atoms with Crippen molar-refractivity contribution in [2.75, 3.05) is 42.5 Å². The normalized spacial score (nSPS) is 20.5. The molecule has 0 aliphatic carbocycles. The molecule has 1 amide bonds. The highest BCUT2D eigenvalue weighted by molar-refractivity contribution is 7.89. The van der Waals surface area contributed by atoms with E-state index in [1.807, 2.05) is 0 Å². The molecule has 0 bridgehead atoms. The van der Waals surface area contributed by atoms with Crippen molar-refractivity contribution in [3.05, 3.63) is 41.2 Å². The first-order chi connectivity index (χ1) is 15.4. The molecule has 2 aromatic rings. The van der Waals surface area contributed by atoms with E-state index in [4.69, 9.17) is 17.3 Å². The number of nitrogens with two attached hydrogens (primary N) is 1. The van der Waals surface area contributed by atoms with Gasteiger partial charge in [-0.1, -0.05) is 11.6 Å². The predicted molar refractivity (Wildman–Crippen MR) is 114 cm³/mol. The molecule has 2 N–H and O–H groups in total. The zero-order chi connectivity index (χ0) is 24.0. The molecular weight excluding hydrogens is 485 g/mol. The molecule has 2 aliphatic heterocycles. The SMILES string of the molecule is NC1CC(=O)N(c2ccc(S(=O)(=O)N3CCN(c4cc(C(F)(F)F)cc(Cl)n4)CC3)cn2)C1. The van der Waals surface area contributed by atoms with Gasteiger partial charge in [0.15, 0.2) is 0 Å². The van der Waals surface area contributed by atoms with Gasteiger partial charge in [-0.2, -0.15) is 17.5 Å². The van der Waals surface area contributed by atoms with Crippen LogP contribution in [0.2, 0.25) is 5.15 Å². The number of sulfonamides is 1. The van der Waals surface area contributed by atoms with Gasteiger partial charge in [0, 0.05) is 51.4 Å². The van der Waals surface area contributed by atoms with Crippen LogP contribution >= 0.6 is 11.6 Å². The number of alkyl halides is 3. The van der Waals surface area contributed by atoms with E-state index in [0.29, 0.717) is 12.4 Å². The molecule has 2 aliphatic rings. The van der Waals surface area contributed by atoms with Crippen LogP contribution < -0.4 is 15.5 Å². The summed E-state index contributed by atoms with van der Waals surface area (Å²) in [5.41, 5.74) is 4.86. The Morgan fingerprint density at radius 3 is 2.33 bits per heavy atom. The first-order valence-electron chi connectivity index (χ1n) is 9.97. The topological polar surface area (TPSA) is 113 Å². The van der Waals surface area contributed by atoms with E-state index in [1.54, 1.807) is 4.90 Å². The second-order valence-corrected chi connectivity index (χ2v) is 10.1. The van der Waals surface area contributed by atoms with E-state index < -0.39 is 21.8 Å². The molecule has 1 atom stereocenters. The standard InChI is InChI=1S/C19H20ClF3N6O3S/c20-15-7-12(19(21,22)23)8-17(26-15)27-3-5-28(6-4-27)33(31,32)14-1-2-16(25-10-14)29-11-13(24)9-18(29)30/h1-2,7-8,10,13H,3-6,9,11,24H2. The Bertz CT molecular complexity index is 1150. The summed E-state index contributed by atoms with van der Waals surface area (Å²) in [6.45, 7) is 0.663. The number of hydrogen-bond donors (Lipinski definition) is 1. The van der Waals surface area contributed by atoms with Crippen molar-refractivity contribution in [1.82, 2.24) is 14.3 Å². The number of carbonyl (C=O) groups is 1. The Labute approximate surface area is 193 Å². The quantitative estimate of drug-likeness (QED) is 0.631. The van der Waals surface area contributed by atoms with Crippen LogP contribution in [-0.4, -0.2) is 67.4 Å². The number of carbonyl (C=O) groups excluding carboxylic acids is 1. The highest BCUT2D eigenvalue weighted by atomic mass is 35.5. The maximum atomic E-state index is 13.1. The van der Waals surface area contributed by atoms with Crippen molar-refractivity contribution < 1.29 is 26.4 Å². The van der Waals surface area contributed by atoms with Crippen LogP contribution in [0.15, 0.2) is 35.4 Å². The number of piperazine rings is 1. The molecule has 0 saturated carbocycles. The smallest absolute Gasteiger partial charge is 0.354 e. The lowest BCUT2D eigenvalue weighted by Crippen LogP contribution is -2.49. The van der Waals surface area contributed by atoms with E-state index in [-0.39, 0.29) is 60.4 Å². The van der Waals surface area contributed by atoms with Gasteiger partial charge in [-0.05, 0) is 24.3 Å². The maximum Gasteiger partial charge on any atom is 0.416 e. The van der Waals surface area contributed by atoms with E-state index in [9.17, 15) is 26.4 Å². The van der Waals surface area contributed by atoms with Gasteiger partial charge < -0.3 is 10.6 Å². The number of halogens is 4. The lowest BCUT2D eigenvalue weighted by Gasteiger charge is -2.34. The van der Waals surface area contributed by atoms with Gasteiger partial charge in [-0.15, -0.1) is 0 Å². The van der Waals surface area contributed by atoms with Crippen LogP contribution in [0, 0.1) is 0 Å². The van der Waals surface area contributed by atoms with Gasteiger partial charge in [0.25, 0.3) is 0 Å². The molecule has 0 aromatic carbocycles. The number of aromatic nitrogens is 2. The van der Waals surface area contributed by atoms with Crippen LogP contribution in [0.3, 0.4) is 0 Å². The van der Waals surface area contributed by atoms with Crippen LogP contribution in [0.1, 0.15) is 12.0 Å². The van der Waals surface area contributed by atoms with Crippen LogP contribution in [-0.2, 0) is 21.0 Å². The third-order valence-electron chi connectivity index (χ3n) is 5.46. The number of anilines is 2. The number of nitrogens with zero attached hydrogens (tertiary/aromatic N) is 5. The second-order valence-electron chi connectivity index (χ2n) is 7.75. The first-order valence-corrected chi connectivity index (χ1v) is 11.8. The summed E-state index contributed by atoms with van der Waals surface area (Å²) in [4.78, 5) is 22.9. The minimum Gasteiger partial charge on any atom is -0.354 e. The number of amides is 1. The lowest BCUT2D eigenvalue weighted by atomic mass is 10.2. The molecule has 33 heavy (non-hydrogen) atoms. The Morgan fingerprint density at radius 2 is 1.79 bits per heavy atom. The Kier molecular flexibility index (Phi) is 6.24. The Morgan fingerprint density at radius 1 is 1.09 bits per heavy atom. The van der Waals surface area contributed by atoms with Gasteiger partial charge in [0.2, 0.25) is 15.9 Å². The van der Waals surface area contributed by atoms with Gasteiger partial charge in [0.1, 0.15) is 21.7 Å². The molecule has 2 aromatic heterocycles. The van der Waals surface area contributed by atoms with Crippen molar-refractivity contribution >= 4 is 39.2 Å². The third kappa shape index (κ3) is 4.90. The summed E-state index contributed by atoms with van der Waals surface area (Å²) in [5, 5.41) is -0.293. The number of rotatable bonds is 4. The molecular formula is C19H20ClF3N6O3S. The van der Waals surface area contributed by atoms with Gasteiger partial charge in [-0.3, -0.25) is 9.69 Å².